The molecule has 3 heteroatoms. The van der Waals surface area contributed by atoms with E-state index >= 15 is 0 Å². The standard InChI is InChI=1S/C37H62O3/c1-34(2,3)28-13-10-14-30-26(28)18-23(39-30)22-36(6,7)32-27-19-24(40-33(27)37(32)15-8-9-16-37)21-35(4,5)29-20-31-25(29)12-11-17-38-31/h23-33H,8-22H2,1-7H3. The first-order chi connectivity index (χ1) is 18.9. The quantitative estimate of drug-likeness (QED) is 0.327. The summed E-state index contributed by atoms with van der Waals surface area (Å²) in [5, 5.41) is 0. The fourth-order valence-corrected chi connectivity index (χ4v) is 12.9. The second kappa shape index (κ2) is 9.95. The topological polar surface area (TPSA) is 27.7 Å². The van der Waals surface area contributed by atoms with Crippen LogP contribution in [0.1, 0.15) is 138 Å². The van der Waals surface area contributed by atoms with Crippen molar-refractivity contribution in [2.75, 3.05) is 6.61 Å². The van der Waals surface area contributed by atoms with E-state index in [4.69, 9.17) is 14.2 Å². The lowest BCUT2D eigenvalue weighted by atomic mass is 9.43. The maximum atomic E-state index is 7.15. The summed E-state index contributed by atoms with van der Waals surface area (Å²) in [5.41, 5.74) is 1.54. The number of ether oxygens (including phenoxy) is 3. The summed E-state index contributed by atoms with van der Waals surface area (Å²) in [6.07, 6.45) is 21.3. The van der Waals surface area contributed by atoms with Gasteiger partial charge in [0.05, 0.1) is 30.5 Å². The number of hydrogen-bond acceptors (Lipinski definition) is 3. The van der Waals surface area contributed by atoms with Crippen molar-refractivity contribution < 1.29 is 14.2 Å². The minimum absolute atomic E-state index is 0.329. The van der Waals surface area contributed by atoms with E-state index in [0.717, 1.165) is 42.1 Å². The first-order valence-electron chi connectivity index (χ1n) is 17.8. The predicted molar refractivity (Wildman–Crippen MR) is 162 cm³/mol. The highest BCUT2D eigenvalue weighted by atomic mass is 16.5. The molecule has 0 aromatic heterocycles. The molecule has 4 aliphatic carbocycles. The molecule has 0 radical (unpaired) electrons. The maximum Gasteiger partial charge on any atom is 0.0670 e. The molecule has 0 aromatic carbocycles. The predicted octanol–water partition coefficient (Wildman–Crippen LogP) is 9.22. The van der Waals surface area contributed by atoms with Crippen LogP contribution in [0, 0.1) is 57.2 Å². The molecule has 11 unspecified atom stereocenters. The lowest BCUT2D eigenvalue weighted by Crippen LogP contribution is -2.62. The smallest absolute Gasteiger partial charge is 0.0670 e. The molecule has 3 saturated heterocycles. The minimum Gasteiger partial charge on any atom is -0.378 e. The first-order valence-corrected chi connectivity index (χ1v) is 17.8. The van der Waals surface area contributed by atoms with Crippen LogP contribution in [0.5, 0.6) is 0 Å². The maximum absolute atomic E-state index is 7.15. The minimum atomic E-state index is 0.329. The molecule has 40 heavy (non-hydrogen) atoms. The van der Waals surface area contributed by atoms with Gasteiger partial charge in [0.2, 0.25) is 0 Å². The van der Waals surface area contributed by atoms with Crippen LogP contribution in [0.15, 0.2) is 0 Å². The fraction of sp³-hybridized carbons (Fsp3) is 1.00. The Morgan fingerprint density at radius 1 is 0.625 bits per heavy atom. The van der Waals surface area contributed by atoms with Crippen molar-refractivity contribution in [2.45, 2.75) is 169 Å². The van der Waals surface area contributed by atoms with E-state index in [1.165, 1.54) is 89.9 Å². The van der Waals surface area contributed by atoms with Crippen molar-refractivity contribution in [1.29, 1.82) is 0 Å². The normalized spacial score (nSPS) is 46.4. The molecule has 228 valence electrons. The lowest BCUT2D eigenvalue weighted by molar-refractivity contribution is -0.212. The van der Waals surface area contributed by atoms with Gasteiger partial charge in [-0.3, -0.25) is 0 Å². The molecule has 3 aliphatic heterocycles. The number of rotatable bonds is 6. The summed E-state index contributed by atoms with van der Waals surface area (Å²) in [6, 6.07) is 0. The van der Waals surface area contributed by atoms with E-state index in [1.54, 1.807) is 0 Å². The van der Waals surface area contributed by atoms with Crippen molar-refractivity contribution in [2.24, 2.45) is 57.2 Å². The van der Waals surface area contributed by atoms with Crippen LogP contribution in [0.4, 0.5) is 0 Å². The molecule has 3 heterocycles. The van der Waals surface area contributed by atoms with Crippen LogP contribution >= 0.6 is 0 Å². The molecule has 7 fully saturated rings. The van der Waals surface area contributed by atoms with E-state index in [2.05, 4.69) is 48.5 Å². The van der Waals surface area contributed by atoms with Gasteiger partial charge in [-0.05, 0) is 122 Å². The molecule has 11 atom stereocenters. The van der Waals surface area contributed by atoms with Gasteiger partial charge in [0.1, 0.15) is 0 Å². The highest BCUT2D eigenvalue weighted by Gasteiger charge is 2.70. The van der Waals surface area contributed by atoms with Gasteiger partial charge in [0, 0.05) is 12.0 Å². The van der Waals surface area contributed by atoms with Gasteiger partial charge in [0.25, 0.3) is 0 Å². The van der Waals surface area contributed by atoms with Crippen molar-refractivity contribution >= 4 is 0 Å². The monoisotopic (exact) mass is 554 g/mol. The summed E-state index contributed by atoms with van der Waals surface area (Å²) in [5.74, 6) is 4.82. The lowest BCUT2D eigenvalue weighted by Gasteiger charge is -2.63. The zero-order valence-corrected chi connectivity index (χ0v) is 27.2. The Hall–Kier alpha value is -0.120. The van der Waals surface area contributed by atoms with Crippen LogP contribution in [0.2, 0.25) is 0 Å². The SMILES string of the molecule is CC(C)(C)C1CCCC2OC(CC(C)(C)C3C4CC(CC(C)(C)C5CC6OCCCC65)OC4C34CCCC4)CC21. The summed E-state index contributed by atoms with van der Waals surface area (Å²) in [4.78, 5) is 0. The molecule has 0 aromatic rings. The molecular formula is C37H62O3. The molecular weight excluding hydrogens is 492 g/mol. The number of hydrogen-bond donors (Lipinski definition) is 0. The van der Waals surface area contributed by atoms with E-state index < -0.39 is 0 Å². The van der Waals surface area contributed by atoms with E-state index in [-0.39, 0.29) is 0 Å². The van der Waals surface area contributed by atoms with Crippen molar-refractivity contribution in [3.63, 3.8) is 0 Å². The summed E-state index contributed by atoms with van der Waals surface area (Å²) < 4.78 is 20.2. The Kier molecular flexibility index (Phi) is 7.12. The zero-order valence-electron chi connectivity index (χ0n) is 27.2. The zero-order chi connectivity index (χ0) is 28.1. The Balaban J connectivity index is 1.03. The molecule has 0 bridgehead atoms. The van der Waals surface area contributed by atoms with Gasteiger partial charge in [-0.25, -0.2) is 0 Å². The fourth-order valence-electron chi connectivity index (χ4n) is 12.9. The van der Waals surface area contributed by atoms with Gasteiger partial charge in [0.15, 0.2) is 0 Å². The Bertz CT molecular complexity index is 924. The average molecular weight is 555 g/mol. The third-order valence-corrected chi connectivity index (χ3v) is 14.3. The summed E-state index contributed by atoms with van der Waals surface area (Å²) in [7, 11) is 0. The van der Waals surface area contributed by atoms with E-state index in [9.17, 15) is 0 Å². The molecule has 0 amide bonds. The van der Waals surface area contributed by atoms with Crippen molar-refractivity contribution in [1.82, 2.24) is 0 Å². The van der Waals surface area contributed by atoms with Crippen LogP contribution in [0.25, 0.3) is 0 Å². The van der Waals surface area contributed by atoms with Crippen LogP contribution < -0.4 is 0 Å². The highest BCUT2D eigenvalue weighted by molar-refractivity contribution is 5.18. The van der Waals surface area contributed by atoms with E-state index in [1.807, 2.05) is 0 Å². The summed E-state index contributed by atoms with van der Waals surface area (Å²) >= 11 is 0. The van der Waals surface area contributed by atoms with Gasteiger partial charge < -0.3 is 14.2 Å². The van der Waals surface area contributed by atoms with Gasteiger partial charge in [-0.2, -0.15) is 0 Å². The Morgan fingerprint density at radius 2 is 1.32 bits per heavy atom. The van der Waals surface area contributed by atoms with Crippen molar-refractivity contribution in [3.8, 4) is 0 Å². The average Bonchev–Trinajstić information content (AvgIpc) is 3.56. The van der Waals surface area contributed by atoms with Gasteiger partial charge in [-0.15, -0.1) is 0 Å². The van der Waals surface area contributed by atoms with E-state index in [0.29, 0.717) is 52.2 Å². The third-order valence-electron chi connectivity index (χ3n) is 14.3. The molecule has 7 rings (SSSR count). The Morgan fingerprint density at radius 3 is 2.05 bits per heavy atom. The Labute approximate surface area is 246 Å². The molecule has 3 nitrogen and oxygen atoms in total. The van der Waals surface area contributed by atoms with Gasteiger partial charge >= 0.3 is 0 Å². The van der Waals surface area contributed by atoms with Crippen LogP contribution in [-0.4, -0.2) is 37.1 Å². The van der Waals surface area contributed by atoms with Crippen LogP contribution in [0.3, 0.4) is 0 Å². The molecule has 0 N–H and O–H groups in total. The third kappa shape index (κ3) is 4.60. The molecule has 7 aliphatic rings. The molecule has 1 spiro atoms. The second-order valence-corrected chi connectivity index (χ2v) is 18.5. The molecule has 4 saturated carbocycles. The first kappa shape index (κ1) is 28.6. The van der Waals surface area contributed by atoms with Crippen molar-refractivity contribution in [3.05, 3.63) is 0 Å². The highest BCUT2D eigenvalue weighted by Crippen LogP contribution is 2.71. The van der Waals surface area contributed by atoms with Gasteiger partial charge in [-0.1, -0.05) is 67.7 Å². The second-order valence-electron chi connectivity index (χ2n) is 18.5. The van der Waals surface area contributed by atoms with Crippen LogP contribution in [-0.2, 0) is 14.2 Å². The largest absolute Gasteiger partial charge is 0.378 e. The number of fused-ring (bicyclic) bond motifs is 4. The summed E-state index contributed by atoms with van der Waals surface area (Å²) in [6.45, 7) is 18.8.